The molecule has 3 nitrogen and oxygen atoms in total. The molecule has 1 aromatic rings. The van der Waals surface area contributed by atoms with E-state index in [1.165, 1.54) is 32.2 Å². The van der Waals surface area contributed by atoms with Gasteiger partial charge in [0.1, 0.15) is 0 Å². The Bertz CT molecular complexity index is 262. The zero-order chi connectivity index (χ0) is 10.5. The first-order valence-electron chi connectivity index (χ1n) is 5.97. The van der Waals surface area contributed by atoms with Gasteiger partial charge in [-0.2, -0.15) is 0 Å². The first kappa shape index (κ1) is 10.6. The molecule has 1 saturated heterocycles. The SMILES string of the molecule is CC(CC1CCCCN1)Nn1cccc1. The predicted molar refractivity (Wildman–Crippen MR) is 63.5 cm³/mol. The van der Waals surface area contributed by atoms with E-state index in [1.807, 2.05) is 29.2 Å². The van der Waals surface area contributed by atoms with E-state index in [2.05, 4.69) is 17.7 Å². The van der Waals surface area contributed by atoms with Crippen LogP contribution in [0.5, 0.6) is 0 Å². The number of rotatable bonds is 4. The molecule has 2 rings (SSSR count). The van der Waals surface area contributed by atoms with Gasteiger partial charge in [0, 0.05) is 24.5 Å². The quantitative estimate of drug-likeness (QED) is 0.790. The molecule has 0 radical (unpaired) electrons. The molecule has 1 fully saturated rings. The highest BCUT2D eigenvalue weighted by molar-refractivity contribution is 4.95. The first-order chi connectivity index (χ1) is 7.34. The molecule has 0 aromatic carbocycles. The summed E-state index contributed by atoms with van der Waals surface area (Å²) in [5.74, 6) is 0. The van der Waals surface area contributed by atoms with Gasteiger partial charge < -0.3 is 10.7 Å². The molecule has 2 atom stereocenters. The second-order valence-electron chi connectivity index (χ2n) is 4.50. The Morgan fingerprint density at radius 1 is 1.40 bits per heavy atom. The number of nitrogens with one attached hydrogen (secondary N) is 2. The number of piperidine rings is 1. The van der Waals surface area contributed by atoms with Gasteiger partial charge in [0.25, 0.3) is 0 Å². The third-order valence-corrected chi connectivity index (χ3v) is 3.02. The molecule has 1 aliphatic heterocycles. The van der Waals surface area contributed by atoms with E-state index < -0.39 is 0 Å². The van der Waals surface area contributed by atoms with Gasteiger partial charge in [0.2, 0.25) is 0 Å². The summed E-state index contributed by atoms with van der Waals surface area (Å²) >= 11 is 0. The van der Waals surface area contributed by atoms with Crippen molar-refractivity contribution in [2.75, 3.05) is 12.0 Å². The van der Waals surface area contributed by atoms with Crippen LogP contribution >= 0.6 is 0 Å². The molecule has 0 saturated carbocycles. The molecule has 0 bridgehead atoms. The van der Waals surface area contributed by atoms with Crippen molar-refractivity contribution >= 4 is 0 Å². The van der Waals surface area contributed by atoms with Crippen LogP contribution < -0.4 is 10.7 Å². The second-order valence-corrected chi connectivity index (χ2v) is 4.50. The van der Waals surface area contributed by atoms with Crippen LogP contribution in [-0.4, -0.2) is 23.3 Å². The van der Waals surface area contributed by atoms with Crippen LogP contribution in [0.1, 0.15) is 32.6 Å². The molecule has 0 aliphatic carbocycles. The summed E-state index contributed by atoms with van der Waals surface area (Å²) in [7, 11) is 0. The summed E-state index contributed by atoms with van der Waals surface area (Å²) in [6.07, 6.45) is 9.36. The molecule has 0 spiro atoms. The Balaban J connectivity index is 1.74. The average Bonchev–Trinajstić information content (AvgIpc) is 2.71. The lowest BCUT2D eigenvalue weighted by atomic mass is 9.99. The van der Waals surface area contributed by atoms with Crippen molar-refractivity contribution in [2.24, 2.45) is 0 Å². The van der Waals surface area contributed by atoms with E-state index in [9.17, 15) is 0 Å². The van der Waals surface area contributed by atoms with Crippen LogP contribution in [0.15, 0.2) is 24.5 Å². The van der Waals surface area contributed by atoms with Gasteiger partial charge in [0.15, 0.2) is 0 Å². The molecule has 2 heterocycles. The van der Waals surface area contributed by atoms with Gasteiger partial charge in [0.05, 0.1) is 0 Å². The standard InChI is InChI=1S/C12H21N3/c1-11(14-15-8-4-5-9-15)10-12-6-2-3-7-13-12/h4-5,8-9,11-14H,2-3,6-7,10H2,1H3. The largest absolute Gasteiger partial charge is 0.324 e. The Morgan fingerprint density at radius 2 is 2.20 bits per heavy atom. The Hall–Kier alpha value is -0.960. The minimum absolute atomic E-state index is 0.521. The summed E-state index contributed by atoms with van der Waals surface area (Å²) in [5, 5.41) is 3.58. The van der Waals surface area contributed by atoms with Crippen molar-refractivity contribution in [3.63, 3.8) is 0 Å². The zero-order valence-electron chi connectivity index (χ0n) is 9.45. The van der Waals surface area contributed by atoms with Crippen LogP contribution in [0.3, 0.4) is 0 Å². The fourth-order valence-corrected chi connectivity index (χ4v) is 2.28. The maximum absolute atomic E-state index is 3.58. The first-order valence-corrected chi connectivity index (χ1v) is 5.97. The summed E-state index contributed by atoms with van der Waals surface area (Å²) in [6, 6.07) is 5.31. The van der Waals surface area contributed by atoms with E-state index in [-0.39, 0.29) is 0 Å². The van der Waals surface area contributed by atoms with Gasteiger partial charge >= 0.3 is 0 Å². The number of nitrogens with zero attached hydrogens (tertiary/aromatic N) is 1. The predicted octanol–water partition coefficient (Wildman–Crippen LogP) is 1.95. The molecular formula is C12H21N3. The van der Waals surface area contributed by atoms with Crippen LogP contribution in [-0.2, 0) is 0 Å². The Morgan fingerprint density at radius 3 is 2.87 bits per heavy atom. The summed E-state index contributed by atoms with van der Waals surface area (Å²) in [6.45, 7) is 3.44. The minimum atomic E-state index is 0.521. The maximum Gasteiger partial charge on any atom is 0.0410 e. The molecule has 0 amide bonds. The molecule has 84 valence electrons. The highest BCUT2D eigenvalue weighted by Gasteiger charge is 2.15. The lowest BCUT2D eigenvalue weighted by Crippen LogP contribution is -2.39. The summed E-state index contributed by atoms with van der Waals surface area (Å²) < 4.78 is 2.04. The summed E-state index contributed by atoms with van der Waals surface area (Å²) in [5.41, 5.74) is 3.45. The molecule has 15 heavy (non-hydrogen) atoms. The van der Waals surface area contributed by atoms with Gasteiger partial charge in [-0.1, -0.05) is 6.42 Å². The van der Waals surface area contributed by atoms with E-state index in [0.717, 1.165) is 0 Å². The Labute approximate surface area is 91.8 Å². The molecular weight excluding hydrogens is 186 g/mol. The lowest BCUT2D eigenvalue weighted by molar-refractivity contribution is 0.366. The third-order valence-electron chi connectivity index (χ3n) is 3.02. The van der Waals surface area contributed by atoms with Crippen LogP contribution in [0.4, 0.5) is 0 Å². The highest BCUT2D eigenvalue weighted by atomic mass is 15.4. The maximum atomic E-state index is 3.58. The van der Waals surface area contributed by atoms with Gasteiger partial charge in [-0.15, -0.1) is 0 Å². The number of hydrogen-bond acceptors (Lipinski definition) is 2. The highest BCUT2D eigenvalue weighted by Crippen LogP contribution is 2.12. The fraction of sp³-hybridized carbons (Fsp3) is 0.667. The monoisotopic (exact) mass is 207 g/mol. The van der Waals surface area contributed by atoms with Crippen molar-refractivity contribution in [1.82, 2.24) is 9.99 Å². The van der Waals surface area contributed by atoms with Crippen molar-refractivity contribution in [3.8, 4) is 0 Å². The van der Waals surface area contributed by atoms with Crippen LogP contribution in [0.2, 0.25) is 0 Å². The fourth-order valence-electron chi connectivity index (χ4n) is 2.28. The lowest BCUT2D eigenvalue weighted by Gasteiger charge is -2.27. The topological polar surface area (TPSA) is 29.0 Å². The normalized spacial score (nSPS) is 23.7. The minimum Gasteiger partial charge on any atom is -0.324 e. The van der Waals surface area contributed by atoms with Crippen LogP contribution in [0, 0.1) is 0 Å². The molecule has 2 unspecified atom stereocenters. The van der Waals surface area contributed by atoms with Crippen molar-refractivity contribution in [2.45, 2.75) is 44.7 Å². The van der Waals surface area contributed by atoms with Crippen molar-refractivity contribution in [3.05, 3.63) is 24.5 Å². The smallest absolute Gasteiger partial charge is 0.0410 e. The van der Waals surface area contributed by atoms with E-state index in [1.54, 1.807) is 0 Å². The van der Waals surface area contributed by atoms with E-state index in [4.69, 9.17) is 0 Å². The van der Waals surface area contributed by atoms with E-state index in [0.29, 0.717) is 12.1 Å². The second kappa shape index (κ2) is 5.21. The summed E-state index contributed by atoms with van der Waals surface area (Å²) in [4.78, 5) is 0. The Kier molecular flexibility index (Phi) is 3.67. The van der Waals surface area contributed by atoms with Crippen molar-refractivity contribution in [1.29, 1.82) is 0 Å². The van der Waals surface area contributed by atoms with Gasteiger partial charge in [-0.3, -0.25) is 4.68 Å². The molecule has 1 aromatic heterocycles. The number of aromatic nitrogens is 1. The van der Waals surface area contributed by atoms with Crippen LogP contribution in [0.25, 0.3) is 0 Å². The van der Waals surface area contributed by atoms with E-state index >= 15 is 0 Å². The molecule has 2 N–H and O–H groups in total. The molecule has 1 aliphatic rings. The number of hydrogen-bond donors (Lipinski definition) is 2. The zero-order valence-corrected chi connectivity index (χ0v) is 9.45. The van der Waals surface area contributed by atoms with Gasteiger partial charge in [-0.05, 0) is 44.9 Å². The average molecular weight is 207 g/mol. The molecule has 3 heteroatoms. The van der Waals surface area contributed by atoms with Gasteiger partial charge in [-0.25, -0.2) is 0 Å². The third kappa shape index (κ3) is 3.27. The van der Waals surface area contributed by atoms with Crippen molar-refractivity contribution < 1.29 is 0 Å².